The van der Waals surface area contributed by atoms with Crippen molar-refractivity contribution in [1.29, 1.82) is 0 Å². The fourth-order valence-corrected chi connectivity index (χ4v) is 1.37. The molecule has 0 saturated carbocycles. The van der Waals surface area contributed by atoms with Crippen molar-refractivity contribution in [3.05, 3.63) is 71.8 Å². The van der Waals surface area contributed by atoms with Crippen molar-refractivity contribution in [1.82, 2.24) is 5.32 Å². The zero-order valence-electron chi connectivity index (χ0n) is 10.3. The maximum absolute atomic E-state index is 9.87. The number of hydrogen-bond acceptors (Lipinski definition) is 2. The van der Waals surface area contributed by atoms with Gasteiger partial charge in [0, 0.05) is 13.1 Å². The fraction of sp³-hybridized carbons (Fsp3) is 0.133. The van der Waals surface area contributed by atoms with Gasteiger partial charge in [0.05, 0.1) is 0 Å². The molecule has 0 aliphatic carbocycles. The number of hydrogen-bond donors (Lipinski definition) is 2. The Balaban J connectivity index is 0.000000184. The number of benzene rings is 2. The van der Waals surface area contributed by atoms with Crippen LogP contribution in [-0.4, -0.2) is 6.41 Å². The van der Waals surface area contributed by atoms with E-state index in [0.717, 1.165) is 5.56 Å². The second-order valence-corrected chi connectivity index (χ2v) is 3.67. The standard InChI is InChI=1S/C8H9NO.C7H9N/c10-7-9-6-8-4-2-1-3-5-8;8-6-7-4-2-1-3-5-7/h1-5,7H,6H2,(H,9,10);1-5H,6,8H2. The van der Waals surface area contributed by atoms with Gasteiger partial charge in [0.1, 0.15) is 0 Å². The first-order chi connectivity index (χ1) is 8.86. The van der Waals surface area contributed by atoms with Crippen molar-refractivity contribution < 1.29 is 4.79 Å². The molecule has 0 fully saturated rings. The maximum Gasteiger partial charge on any atom is 0.207 e. The van der Waals surface area contributed by atoms with Crippen LogP contribution >= 0.6 is 0 Å². The van der Waals surface area contributed by atoms with Gasteiger partial charge in [-0.2, -0.15) is 0 Å². The monoisotopic (exact) mass is 242 g/mol. The van der Waals surface area contributed by atoms with E-state index < -0.39 is 0 Å². The Kier molecular flexibility index (Phi) is 6.93. The number of nitrogens with one attached hydrogen (secondary N) is 1. The van der Waals surface area contributed by atoms with Crippen LogP contribution in [0.25, 0.3) is 0 Å². The normalized spacial score (nSPS) is 8.94. The molecule has 2 aromatic rings. The highest BCUT2D eigenvalue weighted by atomic mass is 16.1. The van der Waals surface area contributed by atoms with Crippen LogP contribution in [0.4, 0.5) is 0 Å². The summed E-state index contributed by atoms with van der Waals surface area (Å²) in [7, 11) is 0. The lowest BCUT2D eigenvalue weighted by atomic mass is 10.2. The van der Waals surface area contributed by atoms with Crippen LogP contribution in [-0.2, 0) is 17.9 Å². The fourth-order valence-electron chi connectivity index (χ4n) is 1.37. The minimum atomic E-state index is 0.615. The molecule has 0 spiro atoms. The zero-order valence-corrected chi connectivity index (χ0v) is 10.3. The molecule has 0 aliphatic rings. The van der Waals surface area contributed by atoms with Crippen molar-refractivity contribution in [3.63, 3.8) is 0 Å². The summed E-state index contributed by atoms with van der Waals surface area (Å²) < 4.78 is 0. The number of nitrogens with two attached hydrogens (primary N) is 1. The summed E-state index contributed by atoms with van der Waals surface area (Å²) in [6, 6.07) is 19.8. The molecule has 2 rings (SSSR count). The van der Waals surface area contributed by atoms with Crippen molar-refractivity contribution in [2.24, 2.45) is 5.73 Å². The number of carbonyl (C=O) groups is 1. The topological polar surface area (TPSA) is 55.1 Å². The van der Waals surface area contributed by atoms with Crippen molar-refractivity contribution in [2.45, 2.75) is 13.1 Å². The Morgan fingerprint density at radius 3 is 1.78 bits per heavy atom. The summed E-state index contributed by atoms with van der Waals surface area (Å²) in [5.41, 5.74) is 7.66. The van der Waals surface area contributed by atoms with E-state index in [4.69, 9.17) is 5.73 Å². The summed E-state index contributed by atoms with van der Waals surface area (Å²) in [5, 5.41) is 2.58. The smallest absolute Gasteiger partial charge is 0.207 e. The highest BCUT2D eigenvalue weighted by Crippen LogP contribution is 1.95. The minimum Gasteiger partial charge on any atom is -0.355 e. The quantitative estimate of drug-likeness (QED) is 0.806. The third-order valence-electron chi connectivity index (χ3n) is 2.31. The first-order valence-corrected chi connectivity index (χ1v) is 5.81. The molecule has 0 bridgehead atoms. The first-order valence-electron chi connectivity index (χ1n) is 5.81. The lowest BCUT2D eigenvalue weighted by molar-refractivity contribution is -0.109. The Hall–Kier alpha value is -2.13. The van der Waals surface area contributed by atoms with E-state index in [2.05, 4.69) is 5.32 Å². The molecule has 0 aliphatic heterocycles. The summed E-state index contributed by atoms with van der Waals surface area (Å²) in [5.74, 6) is 0. The van der Waals surface area contributed by atoms with Gasteiger partial charge in [-0.25, -0.2) is 0 Å². The molecule has 0 unspecified atom stereocenters. The van der Waals surface area contributed by atoms with Crippen molar-refractivity contribution in [3.8, 4) is 0 Å². The zero-order chi connectivity index (χ0) is 13.1. The summed E-state index contributed by atoms with van der Waals surface area (Å²) >= 11 is 0. The van der Waals surface area contributed by atoms with Gasteiger partial charge in [0.2, 0.25) is 6.41 Å². The van der Waals surface area contributed by atoms with E-state index in [-0.39, 0.29) is 0 Å². The molecule has 3 nitrogen and oxygen atoms in total. The predicted octanol–water partition coefficient (Wildman–Crippen LogP) is 2.08. The molecule has 0 atom stereocenters. The van der Waals surface area contributed by atoms with E-state index in [1.165, 1.54) is 5.56 Å². The lowest BCUT2D eigenvalue weighted by Gasteiger charge is -1.96. The lowest BCUT2D eigenvalue weighted by Crippen LogP contribution is -2.09. The van der Waals surface area contributed by atoms with E-state index >= 15 is 0 Å². The molecule has 0 heterocycles. The Morgan fingerprint density at radius 1 is 0.889 bits per heavy atom. The van der Waals surface area contributed by atoms with E-state index in [9.17, 15) is 4.79 Å². The molecule has 18 heavy (non-hydrogen) atoms. The largest absolute Gasteiger partial charge is 0.355 e. The van der Waals surface area contributed by atoms with Gasteiger partial charge < -0.3 is 11.1 Å². The van der Waals surface area contributed by atoms with Crippen LogP contribution in [0.1, 0.15) is 11.1 Å². The molecular weight excluding hydrogens is 224 g/mol. The second kappa shape index (κ2) is 8.96. The Morgan fingerprint density at radius 2 is 1.39 bits per heavy atom. The van der Waals surface area contributed by atoms with Crippen LogP contribution in [0.5, 0.6) is 0 Å². The molecule has 94 valence electrons. The van der Waals surface area contributed by atoms with Crippen LogP contribution in [0.2, 0.25) is 0 Å². The minimum absolute atomic E-state index is 0.615. The van der Waals surface area contributed by atoms with Crippen LogP contribution in [0, 0.1) is 0 Å². The molecule has 3 N–H and O–H groups in total. The van der Waals surface area contributed by atoms with Crippen LogP contribution < -0.4 is 11.1 Å². The highest BCUT2D eigenvalue weighted by molar-refractivity contribution is 5.46. The molecule has 3 heteroatoms. The Bertz CT molecular complexity index is 429. The van der Waals surface area contributed by atoms with E-state index in [1.54, 1.807) is 0 Å². The first kappa shape index (κ1) is 13.9. The second-order valence-electron chi connectivity index (χ2n) is 3.67. The molecule has 0 aromatic heterocycles. The van der Waals surface area contributed by atoms with Crippen molar-refractivity contribution >= 4 is 6.41 Å². The predicted molar refractivity (Wildman–Crippen MR) is 73.7 cm³/mol. The van der Waals surface area contributed by atoms with Gasteiger partial charge in [0.25, 0.3) is 0 Å². The van der Waals surface area contributed by atoms with Gasteiger partial charge in [-0.05, 0) is 11.1 Å². The van der Waals surface area contributed by atoms with Gasteiger partial charge in [0.15, 0.2) is 0 Å². The van der Waals surface area contributed by atoms with Crippen molar-refractivity contribution in [2.75, 3.05) is 0 Å². The van der Waals surface area contributed by atoms with E-state index in [1.807, 2.05) is 60.7 Å². The van der Waals surface area contributed by atoms with E-state index in [0.29, 0.717) is 19.5 Å². The van der Waals surface area contributed by atoms with Gasteiger partial charge in [-0.15, -0.1) is 0 Å². The summed E-state index contributed by atoms with van der Waals surface area (Å²) in [4.78, 5) is 9.87. The summed E-state index contributed by atoms with van der Waals surface area (Å²) in [6.45, 7) is 1.26. The average molecular weight is 242 g/mol. The molecule has 1 amide bonds. The maximum atomic E-state index is 9.87. The highest BCUT2D eigenvalue weighted by Gasteiger charge is 1.85. The van der Waals surface area contributed by atoms with Gasteiger partial charge >= 0.3 is 0 Å². The average Bonchev–Trinajstić information content (AvgIpc) is 2.48. The van der Waals surface area contributed by atoms with Crippen LogP contribution in [0.15, 0.2) is 60.7 Å². The van der Waals surface area contributed by atoms with Crippen LogP contribution in [0.3, 0.4) is 0 Å². The van der Waals surface area contributed by atoms with Gasteiger partial charge in [-0.3, -0.25) is 4.79 Å². The molecule has 0 saturated heterocycles. The Labute approximate surface area is 108 Å². The number of rotatable bonds is 4. The SMILES string of the molecule is NCc1ccccc1.O=CNCc1ccccc1. The molecule has 0 radical (unpaired) electrons. The summed E-state index contributed by atoms with van der Waals surface area (Å²) in [6.07, 6.45) is 0.701. The van der Waals surface area contributed by atoms with Gasteiger partial charge in [-0.1, -0.05) is 60.7 Å². The number of carbonyl (C=O) groups excluding carboxylic acids is 1. The third kappa shape index (κ3) is 5.82. The molecular formula is C15H18N2O. The molecule has 2 aromatic carbocycles. The third-order valence-corrected chi connectivity index (χ3v) is 2.31. The number of amides is 1.